The molecule has 34 heavy (non-hydrogen) atoms. The molecule has 0 aromatic heterocycles. The lowest BCUT2D eigenvalue weighted by atomic mass is 9.63. The van der Waals surface area contributed by atoms with E-state index in [0.717, 1.165) is 23.3 Å². The fraction of sp³-hybridized carbons (Fsp3) is 0.613. The molecule has 0 amide bonds. The quantitative estimate of drug-likeness (QED) is 0.315. The molecule has 2 saturated carbocycles. The number of fused-ring (bicyclic) bond motifs is 1. The summed E-state index contributed by atoms with van der Waals surface area (Å²) in [5.41, 5.74) is 2.37. The fourth-order valence-electron chi connectivity index (χ4n) is 6.54. The van der Waals surface area contributed by atoms with Crippen LogP contribution >= 0.6 is 0 Å². The number of hydrogen-bond donors (Lipinski definition) is 0. The van der Waals surface area contributed by atoms with Gasteiger partial charge in [-0.15, -0.1) is 0 Å². The molecule has 2 aromatic rings. The van der Waals surface area contributed by atoms with Crippen LogP contribution in [0.25, 0.3) is 11.1 Å². The lowest BCUT2D eigenvalue weighted by Crippen LogP contribution is -2.30. The minimum atomic E-state index is -0.904. The first-order valence-electron chi connectivity index (χ1n) is 13.8. The summed E-state index contributed by atoms with van der Waals surface area (Å²) in [7, 11) is 0. The van der Waals surface area contributed by atoms with Crippen LogP contribution in [0.2, 0.25) is 0 Å². The molecule has 2 fully saturated rings. The van der Waals surface area contributed by atoms with Gasteiger partial charge in [-0.25, -0.2) is 4.39 Å². The van der Waals surface area contributed by atoms with Crippen LogP contribution in [0.1, 0.15) is 102 Å². The summed E-state index contributed by atoms with van der Waals surface area (Å²) in [5.74, 6) is 1.59. The summed E-state index contributed by atoms with van der Waals surface area (Å²) in [6, 6.07) is 11.3. The van der Waals surface area contributed by atoms with E-state index in [9.17, 15) is 8.78 Å². The lowest BCUT2D eigenvalue weighted by molar-refractivity contribution is 0.113. The van der Waals surface area contributed by atoms with Gasteiger partial charge in [0.05, 0.1) is 6.61 Å². The van der Waals surface area contributed by atoms with Crippen LogP contribution < -0.4 is 4.74 Å². The third-order valence-electron chi connectivity index (χ3n) is 8.48. The number of ether oxygens (including phenoxy) is 1. The molecule has 0 saturated heterocycles. The molecule has 2 aliphatic carbocycles. The molecule has 186 valence electrons. The molecule has 0 spiro atoms. The van der Waals surface area contributed by atoms with E-state index < -0.39 is 11.6 Å². The normalized spacial score (nSPS) is 24.6. The van der Waals surface area contributed by atoms with Crippen LogP contribution in [0.3, 0.4) is 0 Å². The Kier molecular flexibility index (Phi) is 9.03. The van der Waals surface area contributed by atoms with Gasteiger partial charge in [-0.05, 0) is 86.0 Å². The van der Waals surface area contributed by atoms with Gasteiger partial charge in [-0.3, -0.25) is 0 Å². The van der Waals surface area contributed by atoms with E-state index >= 15 is 0 Å². The molecule has 4 unspecified atom stereocenters. The molecule has 0 heterocycles. The Labute approximate surface area is 205 Å². The summed E-state index contributed by atoms with van der Waals surface area (Å²) in [6.07, 6.45) is 16.6. The maximum Gasteiger partial charge on any atom is 0.201 e. The summed E-state index contributed by atoms with van der Waals surface area (Å²) in [6.45, 7) is 4.36. The molecular weight excluding hydrogens is 426 g/mol. The van der Waals surface area contributed by atoms with Gasteiger partial charge in [0.15, 0.2) is 11.6 Å². The second-order valence-corrected chi connectivity index (χ2v) is 10.7. The van der Waals surface area contributed by atoms with Gasteiger partial charge in [0, 0.05) is 5.56 Å². The Bertz CT molecular complexity index is 906. The van der Waals surface area contributed by atoms with Gasteiger partial charge in [0.1, 0.15) is 0 Å². The number of unbranched alkanes of at least 4 members (excludes halogenated alkanes) is 4. The van der Waals surface area contributed by atoms with Gasteiger partial charge in [-0.1, -0.05) is 76.1 Å². The smallest absolute Gasteiger partial charge is 0.201 e. The SMILES string of the molecule is CCCCCCCC1CCC2CC(c3ccc(-c4ccc(OCC)c(F)c4F)cc3)CCC2C1. The summed E-state index contributed by atoms with van der Waals surface area (Å²) in [4.78, 5) is 0. The zero-order valence-electron chi connectivity index (χ0n) is 21.1. The summed E-state index contributed by atoms with van der Waals surface area (Å²) in [5, 5.41) is 0. The predicted molar refractivity (Wildman–Crippen MR) is 137 cm³/mol. The van der Waals surface area contributed by atoms with E-state index in [-0.39, 0.29) is 5.75 Å². The van der Waals surface area contributed by atoms with Crippen molar-refractivity contribution in [3.63, 3.8) is 0 Å². The Morgan fingerprint density at radius 1 is 0.765 bits per heavy atom. The van der Waals surface area contributed by atoms with E-state index in [0.29, 0.717) is 18.1 Å². The Balaban J connectivity index is 1.32. The third kappa shape index (κ3) is 6.01. The van der Waals surface area contributed by atoms with Crippen LogP contribution in [-0.4, -0.2) is 6.61 Å². The molecule has 4 rings (SSSR count). The number of halogens is 2. The van der Waals surface area contributed by atoms with Crippen LogP contribution in [0.4, 0.5) is 8.78 Å². The van der Waals surface area contributed by atoms with Crippen LogP contribution in [0.15, 0.2) is 36.4 Å². The maximum atomic E-state index is 14.6. The van der Waals surface area contributed by atoms with E-state index in [1.165, 1.54) is 88.7 Å². The van der Waals surface area contributed by atoms with E-state index in [2.05, 4.69) is 19.1 Å². The number of rotatable bonds is 10. The topological polar surface area (TPSA) is 9.23 Å². The molecule has 3 heteroatoms. The van der Waals surface area contributed by atoms with Crippen molar-refractivity contribution in [1.29, 1.82) is 0 Å². The molecule has 2 aromatic carbocycles. The lowest BCUT2D eigenvalue weighted by Gasteiger charge is -2.42. The van der Waals surface area contributed by atoms with E-state index in [4.69, 9.17) is 4.74 Å². The number of hydrogen-bond acceptors (Lipinski definition) is 1. The van der Waals surface area contributed by atoms with Gasteiger partial charge >= 0.3 is 0 Å². The fourth-order valence-corrected chi connectivity index (χ4v) is 6.54. The van der Waals surface area contributed by atoms with Crippen molar-refractivity contribution < 1.29 is 13.5 Å². The minimum Gasteiger partial charge on any atom is -0.491 e. The first-order chi connectivity index (χ1) is 16.6. The monoisotopic (exact) mass is 468 g/mol. The Morgan fingerprint density at radius 3 is 2.26 bits per heavy atom. The van der Waals surface area contributed by atoms with Crippen molar-refractivity contribution in [3.8, 4) is 16.9 Å². The van der Waals surface area contributed by atoms with Gasteiger partial charge < -0.3 is 4.74 Å². The Morgan fingerprint density at radius 2 is 1.50 bits per heavy atom. The van der Waals surface area contributed by atoms with Crippen LogP contribution in [0.5, 0.6) is 5.75 Å². The van der Waals surface area contributed by atoms with E-state index in [1.54, 1.807) is 13.0 Å². The molecule has 2 aliphatic rings. The second-order valence-electron chi connectivity index (χ2n) is 10.7. The average molecular weight is 469 g/mol. The average Bonchev–Trinajstić information content (AvgIpc) is 2.87. The molecule has 4 atom stereocenters. The molecule has 0 radical (unpaired) electrons. The van der Waals surface area contributed by atoms with Crippen LogP contribution in [-0.2, 0) is 0 Å². The highest BCUT2D eigenvalue weighted by atomic mass is 19.2. The second kappa shape index (κ2) is 12.2. The summed E-state index contributed by atoms with van der Waals surface area (Å²) >= 11 is 0. The molecular formula is C31H42F2O. The van der Waals surface area contributed by atoms with E-state index in [1.807, 2.05) is 12.1 Å². The minimum absolute atomic E-state index is 0.0247. The predicted octanol–water partition coefficient (Wildman–Crippen LogP) is 9.69. The zero-order chi connectivity index (χ0) is 23.9. The van der Waals surface area contributed by atoms with Crippen molar-refractivity contribution >= 4 is 0 Å². The standard InChI is InChI=1S/C31H42F2O/c1-3-5-6-7-8-9-22-10-11-27-21-26(17-16-25(27)20-22)23-12-14-24(15-13-23)28-18-19-29(34-4-2)31(33)30(28)32/h12-15,18-19,22,25-27H,3-11,16-17,20-21H2,1-2H3. The molecule has 1 nitrogen and oxygen atoms in total. The van der Waals surface area contributed by atoms with Crippen LogP contribution in [0, 0.1) is 29.4 Å². The molecule has 0 aliphatic heterocycles. The molecule has 0 N–H and O–H groups in total. The first kappa shape index (κ1) is 25.2. The zero-order valence-corrected chi connectivity index (χ0v) is 21.1. The highest BCUT2D eigenvalue weighted by Crippen LogP contribution is 2.48. The molecule has 0 bridgehead atoms. The van der Waals surface area contributed by atoms with Gasteiger partial charge in [0.2, 0.25) is 5.82 Å². The van der Waals surface area contributed by atoms with Crippen molar-refractivity contribution in [2.75, 3.05) is 6.61 Å². The maximum absolute atomic E-state index is 14.6. The highest BCUT2D eigenvalue weighted by Gasteiger charge is 2.35. The van der Waals surface area contributed by atoms with Gasteiger partial charge in [-0.2, -0.15) is 4.39 Å². The highest BCUT2D eigenvalue weighted by molar-refractivity contribution is 5.65. The summed E-state index contributed by atoms with van der Waals surface area (Å²) < 4.78 is 34.1. The third-order valence-corrected chi connectivity index (χ3v) is 8.48. The Hall–Kier alpha value is -1.90. The largest absolute Gasteiger partial charge is 0.491 e. The van der Waals surface area contributed by atoms with Gasteiger partial charge in [0.25, 0.3) is 0 Å². The number of benzene rings is 2. The van der Waals surface area contributed by atoms with Crippen molar-refractivity contribution in [2.24, 2.45) is 17.8 Å². The first-order valence-corrected chi connectivity index (χ1v) is 13.8. The van der Waals surface area contributed by atoms with Crippen molar-refractivity contribution in [3.05, 3.63) is 53.6 Å². The van der Waals surface area contributed by atoms with Crippen molar-refractivity contribution in [1.82, 2.24) is 0 Å². The van der Waals surface area contributed by atoms with Crippen molar-refractivity contribution in [2.45, 2.75) is 96.8 Å².